The van der Waals surface area contributed by atoms with E-state index < -0.39 is 5.82 Å². The summed E-state index contributed by atoms with van der Waals surface area (Å²) in [6.07, 6.45) is 2.55. The number of hydrogen-bond acceptors (Lipinski definition) is 5. The molecule has 132 valence electrons. The Labute approximate surface area is 145 Å². The van der Waals surface area contributed by atoms with Gasteiger partial charge >= 0.3 is 0 Å². The Bertz CT molecular complexity index is 758. The summed E-state index contributed by atoms with van der Waals surface area (Å²) in [5.74, 6) is 0.823. The number of ether oxygens (including phenoxy) is 1. The maximum absolute atomic E-state index is 13.8. The predicted octanol–water partition coefficient (Wildman–Crippen LogP) is 2.73. The lowest BCUT2D eigenvalue weighted by molar-refractivity contribution is 0.0785. The molecule has 0 spiro atoms. The highest BCUT2D eigenvalue weighted by molar-refractivity contribution is 5.94. The fourth-order valence-electron chi connectivity index (χ4n) is 3.49. The van der Waals surface area contributed by atoms with Crippen molar-refractivity contribution >= 4 is 5.91 Å². The first-order valence-electron chi connectivity index (χ1n) is 8.67. The number of carbonyl (C=O) groups is 1. The molecule has 1 aromatic carbocycles. The molecule has 0 bridgehead atoms. The molecular formula is C18H20FN3O3. The summed E-state index contributed by atoms with van der Waals surface area (Å²) in [6.45, 7) is 2.49. The van der Waals surface area contributed by atoms with Crippen LogP contribution >= 0.6 is 0 Å². The molecule has 2 aliphatic heterocycles. The molecule has 2 aliphatic rings. The first-order chi connectivity index (χ1) is 12.2. The highest BCUT2D eigenvalue weighted by Crippen LogP contribution is 2.30. The Balaban J connectivity index is 1.43. The second-order valence-corrected chi connectivity index (χ2v) is 6.59. The van der Waals surface area contributed by atoms with E-state index in [1.54, 1.807) is 17.0 Å². The topological polar surface area (TPSA) is 68.5 Å². The summed E-state index contributed by atoms with van der Waals surface area (Å²) in [5, 5.41) is 4.12. The average molecular weight is 345 g/mol. The molecule has 4 rings (SSSR count). The van der Waals surface area contributed by atoms with Gasteiger partial charge in [-0.05, 0) is 31.4 Å². The van der Waals surface area contributed by atoms with Crippen molar-refractivity contribution in [2.75, 3.05) is 26.3 Å². The molecule has 1 amide bonds. The summed E-state index contributed by atoms with van der Waals surface area (Å²) in [6, 6.07) is 6.07. The van der Waals surface area contributed by atoms with Crippen LogP contribution in [0.5, 0.6) is 0 Å². The summed E-state index contributed by atoms with van der Waals surface area (Å²) in [4.78, 5) is 18.7. The van der Waals surface area contributed by atoms with E-state index in [9.17, 15) is 9.18 Å². The molecule has 0 aliphatic carbocycles. The number of rotatable bonds is 3. The quantitative estimate of drug-likeness (QED) is 0.856. The summed E-state index contributed by atoms with van der Waals surface area (Å²) in [7, 11) is 0. The summed E-state index contributed by atoms with van der Waals surface area (Å²) < 4.78 is 24.6. The van der Waals surface area contributed by atoms with Gasteiger partial charge in [-0.1, -0.05) is 17.3 Å². The van der Waals surface area contributed by atoms with Crippen LogP contribution in [0.4, 0.5) is 4.39 Å². The lowest BCUT2D eigenvalue weighted by Gasteiger charge is -2.18. The average Bonchev–Trinajstić information content (AvgIpc) is 3.32. The molecule has 0 N–H and O–H groups in total. The van der Waals surface area contributed by atoms with Crippen LogP contribution in [0, 0.1) is 5.82 Å². The zero-order valence-electron chi connectivity index (χ0n) is 13.9. The predicted molar refractivity (Wildman–Crippen MR) is 86.8 cm³/mol. The van der Waals surface area contributed by atoms with Crippen molar-refractivity contribution in [1.82, 2.24) is 15.0 Å². The molecule has 0 saturated carbocycles. The Kier molecular flexibility index (Phi) is 4.48. The lowest BCUT2D eigenvalue weighted by atomic mass is 10.00. The molecule has 2 saturated heterocycles. The maximum atomic E-state index is 13.8. The highest BCUT2D eigenvalue weighted by Gasteiger charge is 2.33. The highest BCUT2D eigenvalue weighted by atomic mass is 19.1. The monoisotopic (exact) mass is 345 g/mol. The molecule has 2 aromatic rings. The van der Waals surface area contributed by atoms with E-state index in [1.165, 1.54) is 12.1 Å². The van der Waals surface area contributed by atoms with E-state index in [0.29, 0.717) is 19.0 Å². The Hall–Kier alpha value is -2.28. The normalized spacial score (nSPS) is 21.6. The van der Waals surface area contributed by atoms with Gasteiger partial charge in [-0.3, -0.25) is 4.79 Å². The summed E-state index contributed by atoms with van der Waals surface area (Å²) >= 11 is 0. The number of aromatic nitrogens is 2. The van der Waals surface area contributed by atoms with Gasteiger partial charge in [0.1, 0.15) is 5.82 Å². The van der Waals surface area contributed by atoms with Gasteiger partial charge in [-0.15, -0.1) is 0 Å². The van der Waals surface area contributed by atoms with E-state index in [0.717, 1.165) is 38.3 Å². The number of likely N-dealkylation sites (tertiary alicyclic amines) is 1. The van der Waals surface area contributed by atoms with Crippen molar-refractivity contribution in [3.8, 4) is 0 Å². The van der Waals surface area contributed by atoms with Crippen molar-refractivity contribution in [2.24, 2.45) is 0 Å². The van der Waals surface area contributed by atoms with Crippen LogP contribution in [-0.4, -0.2) is 47.3 Å². The minimum absolute atomic E-state index is 0.0109. The molecule has 1 atom stereocenters. The van der Waals surface area contributed by atoms with E-state index in [4.69, 9.17) is 9.26 Å². The molecule has 7 heteroatoms. The third kappa shape index (κ3) is 3.28. The van der Waals surface area contributed by atoms with E-state index in [2.05, 4.69) is 10.1 Å². The smallest absolute Gasteiger partial charge is 0.256 e. The van der Waals surface area contributed by atoms with Crippen molar-refractivity contribution in [3.63, 3.8) is 0 Å². The minimum atomic E-state index is -0.490. The lowest BCUT2D eigenvalue weighted by Crippen LogP contribution is -2.29. The number of carbonyl (C=O) groups excluding carboxylic acids is 1. The van der Waals surface area contributed by atoms with Gasteiger partial charge in [-0.25, -0.2) is 4.39 Å². The van der Waals surface area contributed by atoms with Crippen molar-refractivity contribution in [3.05, 3.63) is 47.4 Å². The fraction of sp³-hybridized carbons (Fsp3) is 0.500. The van der Waals surface area contributed by atoms with Gasteiger partial charge in [0.25, 0.3) is 5.91 Å². The van der Waals surface area contributed by atoms with Gasteiger partial charge in [0.15, 0.2) is 5.82 Å². The molecule has 2 fully saturated rings. The van der Waals surface area contributed by atoms with Gasteiger partial charge in [0.2, 0.25) is 5.89 Å². The molecule has 25 heavy (non-hydrogen) atoms. The molecule has 1 aromatic heterocycles. The van der Waals surface area contributed by atoms with Gasteiger partial charge in [0, 0.05) is 32.2 Å². The number of benzene rings is 1. The largest absolute Gasteiger partial charge is 0.381 e. The third-order valence-electron chi connectivity index (χ3n) is 4.97. The third-order valence-corrected chi connectivity index (χ3v) is 4.97. The SMILES string of the molecule is O=C(c1ccccc1F)N1CCC(c2nc(C3CCOCC3)no2)C1. The number of halogens is 1. The second kappa shape index (κ2) is 6.92. The Morgan fingerprint density at radius 2 is 1.96 bits per heavy atom. The number of hydrogen-bond donors (Lipinski definition) is 0. The Morgan fingerprint density at radius 1 is 1.16 bits per heavy atom. The van der Waals surface area contributed by atoms with Crippen LogP contribution in [-0.2, 0) is 4.74 Å². The van der Waals surface area contributed by atoms with Gasteiger partial charge in [-0.2, -0.15) is 4.98 Å². The summed E-state index contributed by atoms with van der Waals surface area (Å²) in [5.41, 5.74) is 0.108. The van der Waals surface area contributed by atoms with Gasteiger partial charge in [0.05, 0.1) is 11.5 Å². The molecule has 3 heterocycles. The standard InChI is InChI=1S/C18H20FN3O3/c19-15-4-2-1-3-14(15)18(23)22-8-5-13(11-22)17-20-16(21-25-17)12-6-9-24-10-7-12/h1-4,12-13H,5-11H2. The van der Waals surface area contributed by atoms with Crippen LogP contribution in [0.25, 0.3) is 0 Å². The fourth-order valence-corrected chi connectivity index (χ4v) is 3.49. The maximum Gasteiger partial charge on any atom is 0.256 e. The first-order valence-corrected chi connectivity index (χ1v) is 8.67. The van der Waals surface area contributed by atoms with Crippen molar-refractivity contribution in [2.45, 2.75) is 31.1 Å². The zero-order valence-corrected chi connectivity index (χ0v) is 13.9. The molecule has 1 unspecified atom stereocenters. The van der Waals surface area contributed by atoms with Crippen LogP contribution in [0.3, 0.4) is 0 Å². The number of nitrogens with zero attached hydrogens (tertiary/aromatic N) is 3. The van der Waals surface area contributed by atoms with Gasteiger partial charge < -0.3 is 14.2 Å². The van der Waals surface area contributed by atoms with Crippen LogP contribution in [0.2, 0.25) is 0 Å². The van der Waals surface area contributed by atoms with Crippen LogP contribution < -0.4 is 0 Å². The molecule has 0 radical (unpaired) electrons. The van der Waals surface area contributed by atoms with Crippen LogP contribution in [0.1, 0.15) is 53.2 Å². The van der Waals surface area contributed by atoms with Crippen LogP contribution in [0.15, 0.2) is 28.8 Å². The first kappa shape index (κ1) is 16.2. The zero-order chi connectivity index (χ0) is 17.2. The Morgan fingerprint density at radius 3 is 2.76 bits per heavy atom. The van der Waals surface area contributed by atoms with E-state index in [-0.39, 0.29) is 23.3 Å². The molecular weight excluding hydrogens is 325 g/mol. The molecule has 6 nitrogen and oxygen atoms in total. The van der Waals surface area contributed by atoms with Crippen molar-refractivity contribution in [1.29, 1.82) is 0 Å². The second-order valence-electron chi connectivity index (χ2n) is 6.59. The van der Waals surface area contributed by atoms with E-state index >= 15 is 0 Å². The van der Waals surface area contributed by atoms with E-state index in [1.807, 2.05) is 0 Å². The number of amides is 1. The minimum Gasteiger partial charge on any atom is -0.381 e. The van der Waals surface area contributed by atoms with Crippen molar-refractivity contribution < 1.29 is 18.4 Å².